The largest absolute Gasteiger partial charge is 0.506 e. The van der Waals surface area contributed by atoms with Crippen molar-refractivity contribution in [2.75, 3.05) is 0 Å². The van der Waals surface area contributed by atoms with Gasteiger partial charge in [-0.2, -0.15) is 0 Å². The predicted molar refractivity (Wildman–Crippen MR) is 89.2 cm³/mol. The molecule has 2 N–H and O–H groups in total. The molecule has 1 aliphatic heterocycles. The number of nitro benzene ring substituents is 1. The fourth-order valence-corrected chi connectivity index (χ4v) is 2.60. The van der Waals surface area contributed by atoms with Crippen LogP contribution >= 0.6 is 11.6 Å². The summed E-state index contributed by atoms with van der Waals surface area (Å²) in [6.45, 7) is 0. The summed E-state index contributed by atoms with van der Waals surface area (Å²) in [7, 11) is 0. The summed E-state index contributed by atoms with van der Waals surface area (Å²) in [5, 5.41) is 22.4. The van der Waals surface area contributed by atoms with Crippen molar-refractivity contribution in [2.45, 2.75) is 5.92 Å². The van der Waals surface area contributed by atoms with E-state index in [0.29, 0.717) is 5.56 Å². The zero-order chi connectivity index (χ0) is 18.1. The monoisotopic (exact) mass is 359 g/mol. The van der Waals surface area contributed by atoms with Crippen LogP contribution in [0.1, 0.15) is 11.5 Å². The summed E-state index contributed by atoms with van der Waals surface area (Å²) < 4.78 is 0. The first-order chi connectivity index (χ1) is 11.9. The van der Waals surface area contributed by atoms with Crippen molar-refractivity contribution in [3.63, 3.8) is 0 Å². The minimum atomic E-state index is -0.985. The number of amides is 2. The van der Waals surface area contributed by atoms with Crippen LogP contribution in [0.25, 0.3) is 0 Å². The molecule has 0 aromatic heterocycles. The Balaban J connectivity index is 2.02. The molecule has 1 saturated heterocycles. The highest BCUT2D eigenvalue weighted by Crippen LogP contribution is 2.30. The zero-order valence-corrected chi connectivity index (χ0v) is 13.2. The van der Waals surface area contributed by atoms with E-state index in [9.17, 15) is 24.8 Å². The maximum absolute atomic E-state index is 12.1. The first-order valence-corrected chi connectivity index (χ1v) is 7.41. The maximum Gasteiger partial charge on any atom is 0.273 e. The van der Waals surface area contributed by atoms with Gasteiger partial charge in [-0.05, 0) is 23.8 Å². The van der Waals surface area contributed by atoms with E-state index in [1.54, 1.807) is 0 Å². The van der Waals surface area contributed by atoms with E-state index in [-0.39, 0.29) is 27.9 Å². The normalized spacial score (nSPS) is 18.4. The molecular formula is C16H10ClN3O5. The molecule has 0 radical (unpaired) electrons. The number of nitrogens with one attached hydrogen (secondary N) is 1. The van der Waals surface area contributed by atoms with Crippen LogP contribution < -0.4 is 5.32 Å². The molecule has 25 heavy (non-hydrogen) atoms. The van der Waals surface area contributed by atoms with Crippen molar-refractivity contribution < 1.29 is 19.6 Å². The van der Waals surface area contributed by atoms with Gasteiger partial charge in [-0.25, -0.2) is 4.99 Å². The minimum absolute atomic E-state index is 0.0541. The van der Waals surface area contributed by atoms with Crippen LogP contribution in [0.3, 0.4) is 0 Å². The number of phenols is 1. The molecule has 1 heterocycles. The molecular weight excluding hydrogens is 350 g/mol. The van der Waals surface area contributed by atoms with Crippen molar-refractivity contribution in [2.24, 2.45) is 4.99 Å². The highest BCUT2D eigenvalue weighted by Gasteiger charge is 2.39. The Morgan fingerprint density at radius 2 is 1.84 bits per heavy atom. The number of hydrogen-bond donors (Lipinski definition) is 2. The summed E-state index contributed by atoms with van der Waals surface area (Å²) in [5.41, 5.74) is 0.505. The average molecular weight is 360 g/mol. The molecule has 2 amide bonds. The van der Waals surface area contributed by atoms with Gasteiger partial charge >= 0.3 is 0 Å². The molecule has 1 aliphatic rings. The number of non-ortho nitro benzene ring substituents is 1. The van der Waals surface area contributed by atoms with Gasteiger partial charge in [-0.15, -0.1) is 0 Å². The quantitative estimate of drug-likeness (QED) is 0.495. The summed E-state index contributed by atoms with van der Waals surface area (Å²) >= 11 is 5.81. The van der Waals surface area contributed by atoms with E-state index in [2.05, 4.69) is 10.3 Å². The molecule has 0 spiro atoms. The van der Waals surface area contributed by atoms with Gasteiger partial charge in [-0.1, -0.05) is 23.7 Å². The number of nitrogens with zero attached hydrogens (tertiary/aromatic N) is 2. The number of aromatic hydroxyl groups is 1. The minimum Gasteiger partial charge on any atom is -0.506 e. The van der Waals surface area contributed by atoms with Crippen molar-refractivity contribution in [1.29, 1.82) is 0 Å². The number of rotatable bonds is 3. The Kier molecular flexibility index (Phi) is 4.20. The SMILES string of the molecule is O=C1NC(=O)C(c2ccc([N+](=O)[O-])cc2)C1=Nc1ccc(O)c(Cl)c1. The lowest BCUT2D eigenvalue weighted by Crippen LogP contribution is -2.22. The number of aliphatic imine (C=N–C) groups is 1. The van der Waals surface area contributed by atoms with Crippen LogP contribution in [0, 0.1) is 10.1 Å². The lowest BCUT2D eigenvalue weighted by Gasteiger charge is -2.08. The molecule has 2 aromatic rings. The van der Waals surface area contributed by atoms with Crippen LogP contribution in [0.2, 0.25) is 5.02 Å². The zero-order valence-electron chi connectivity index (χ0n) is 12.5. The van der Waals surface area contributed by atoms with Gasteiger partial charge in [-0.3, -0.25) is 25.0 Å². The van der Waals surface area contributed by atoms with Crippen molar-refractivity contribution >= 4 is 40.5 Å². The molecule has 1 fully saturated rings. The van der Waals surface area contributed by atoms with Crippen LogP contribution in [-0.2, 0) is 9.59 Å². The van der Waals surface area contributed by atoms with Crippen LogP contribution in [-0.4, -0.2) is 27.6 Å². The third-order valence-electron chi connectivity index (χ3n) is 3.62. The Bertz CT molecular complexity index is 924. The number of carbonyl (C=O) groups excluding carboxylic acids is 2. The number of carbonyl (C=O) groups is 2. The molecule has 2 aromatic carbocycles. The van der Waals surface area contributed by atoms with E-state index < -0.39 is 22.7 Å². The Hall–Kier alpha value is -3.26. The van der Waals surface area contributed by atoms with Crippen LogP contribution in [0.4, 0.5) is 11.4 Å². The van der Waals surface area contributed by atoms with Gasteiger partial charge in [0.2, 0.25) is 5.91 Å². The molecule has 8 nitrogen and oxygen atoms in total. The van der Waals surface area contributed by atoms with Gasteiger partial charge in [0, 0.05) is 12.1 Å². The number of nitro groups is 1. The number of phenolic OH excluding ortho intramolecular Hbond substituents is 1. The van der Waals surface area contributed by atoms with E-state index in [4.69, 9.17) is 11.6 Å². The average Bonchev–Trinajstić information content (AvgIpc) is 2.85. The number of imide groups is 1. The van der Waals surface area contributed by atoms with E-state index in [0.717, 1.165) is 0 Å². The summed E-state index contributed by atoms with van der Waals surface area (Å²) in [5.74, 6) is -2.34. The first-order valence-electron chi connectivity index (χ1n) is 7.03. The summed E-state index contributed by atoms with van der Waals surface area (Å²) in [4.78, 5) is 38.5. The fraction of sp³-hybridized carbons (Fsp3) is 0.0625. The number of halogens is 1. The Labute approximate surface area is 145 Å². The van der Waals surface area contributed by atoms with Crippen molar-refractivity contribution in [3.8, 4) is 5.75 Å². The number of benzene rings is 2. The lowest BCUT2D eigenvalue weighted by molar-refractivity contribution is -0.384. The van der Waals surface area contributed by atoms with Crippen molar-refractivity contribution in [1.82, 2.24) is 5.32 Å². The third kappa shape index (κ3) is 3.20. The molecule has 9 heteroatoms. The number of hydrogen-bond acceptors (Lipinski definition) is 6. The molecule has 0 saturated carbocycles. The summed E-state index contributed by atoms with van der Waals surface area (Å²) in [6, 6.07) is 9.42. The van der Waals surface area contributed by atoms with Gasteiger partial charge in [0.05, 0.1) is 15.6 Å². The second-order valence-corrected chi connectivity index (χ2v) is 5.64. The second-order valence-electron chi connectivity index (χ2n) is 5.23. The Morgan fingerprint density at radius 3 is 2.44 bits per heavy atom. The van der Waals surface area contributed by atoms with Gasteiger partial charge < -0.3 is 5.11 Å². The predicted octanol–water partition coefficient (Wildman–Crippen LogP) is 2.47. The van der Waals surface area contributed by atoms with Gasteiger partial charge in [0.25, 0.3) is 11.6 Å². The first kappa shape index (κ1) is 16.6. The van der Waals surface area contributed by atoms with Gasteiger partial charge in [0.1, 0.15) is 17.4 Å². The second kappa shape index (κ2) is 6.33. The third-order valence-corrected chi connectivity index (χ3v) is 3.93. The van der Waals surface area contributed by atoms with Crippen LogP contribution in [0.15, 0.2) is 47.5 Å². The highest BCUT2D eigenvalue weighted by atomic mass is 35.5. The maximum atomic E-state index is 12.1. The molecule has 1 unspecified atom stereocenters. The Morgan fingerprint density at radius 1 is 1.16 bits per heavy atom. The van der Waals surface area contributed by atoms with Gasteiger partial charge in [0.15, 0.2) is 0 Å². The van der Waals surface area contributed by atoms with E-state index in [1.165, 1.54) is 42.5 Å². The standard InChI is InChI=1S/C16H10ClN3O5/c17-11-7-9(3-6-12(11)21)18-14-13(15(22)19-16(14)23)8-1-4-10(5-2-8)20(24)25/h1-7,13,21H,(H,19,22,23). The molecule has 126 valence electrons. The summed E-state index contributed by atoms with van der Waals surface area (Å²) in [6.07, 6.45) is 0. The smallest absolute Gasteiger partial charge is 0.273 e. The van der Waals surface area contributed by atoms with Crippen molar-refractivity contribution in [3.05, 3.63) is 63.2 Å². The molecule has 0 bridgehead atoms. The van der Waals surface area contributed by atoms with E-state index in [1.807, 2.05) is 0 Å². The highest BCUT2D eigenvalue weighted by molar-refractivity contribution is 6.52. The molecule has 0 aliphatic carbocycles. The van der Waals surface area contributed by atoms with Crippen LogP contribution in [0.5, 0.6) is 5.75 Å². The van der Waals surface area contributed by atoms with E-state index >= 15 is 0 Å². The fourth-order valence-electron chi connectivity index (χ4n) is 2.42. The topological polar surface area (TPSA) is 122 Å². The molecule has 3 rings (SSSR count). The lowest BCUT2D eigenvalue weighted by atomic mass is 9.95. The molecule has 1 atom stereocenters.